The first kappa shape index (κ1) is 14.8. The van der Waals surface area contributed by atoms with E-state index in [-0.39, 0.29) is 17.1 Å². The van der Waals surface area contributed by atoms with Crippen molar-refractivity contribution in [2.24, 2.45) is 0 Å². The van der Waals surface area contributed by atoms with Gasteiger partial charge in [0.25, 0.3) is 10.0 Å². The zero-order chi connectivity index (χ0) is 15.6. The summed E-state index contributed by atoms with van der Waals surface area (Å²) in [5.41, 5.74) is 6.15. The molecule has 0 atom stereocenters. The van der Waals surface area contributed by atoms with Crippen molar-refractivity contribution in [3.63, 3.8) is 0 Å². The highest BCUT2D eigenvalue weighted by Crippen LogP contribution is 2.22. The van der Waals surface area contributed by atoms with Gasteiger partial charge >= 0.3 is 5.97 Å². The van der Waals surface area contributed by atoms with E-state index in [1.807, 2.05) is 0 Å². The van der Waals surface area contributed by atoms with Gasteiger partial charge in [-0.1, -0.05) is 0 Å². The number of aromatic carboxylic acids is 1. The zero-order valence-corrected chi connectivity index (χ0v) is 11.9. The van der Waals surface area contributed by atoms with Crippen molar-refractivity contribution in [3.8, 4) is 0 Å². The van der Waals surface area contributed by atoms with Gasteiger partial charge in [0.15, 0.2) is 0 Å². The maximum atomic E-state index is 12.3. The number of aromatic nitrogens is 1. The predicted molar refractivity (Wildman–Crippen MR) is 77.6 cm³/mol. The summed E-state index contributed by atoms with van der Waals surface area (Å²) in [4.78, 5) is 14.6. The number of hydrogen-bond donors (Lipinski definition) is 3. The highest BCUT2D eigenvalue weighted by Gasteiger charge is 2.23. The molecule has 7 nitrogen and oxygen atoms in total. The van der Waals surface area contributed by atoms with Crippen LogP contribution in [0.1, 0.15) is 15.9 Å². The van der Waals surface area contributed by atoms with Crippen molar-refractivity contribution in [1.29, 1.82) is 0 Å². The van der Waals surface area contributed by atoms with Crippen LogP contribution in [0.15, 0.2) is 41.4 Å². The summed E-state index contributed by atoms with van der Waals surface area (Å²) in [7, 11) is -4.10. The van der Waals surface area contributed by atoms with E-state index in [4.69, 9.17) is 10.8 Å². The molecule has 0 aliphatic rings. The van der Waals surface area contributed by atoms with Crippen LogP contribution in [-0.4, -0.2) is 24.5 Å². The number of carbonyl (C=O) groups is 1. The molecule has 0 unspecified atom stereocenters. The minimum Gasteiger partial charge on any atom is -0.478 e. The van der Waals surface area contributed by atoms with Crippen LogP contribution in [0.2, 0.25) is 0 Å². The first-order valence-corrected chi connectivity index (χ1v) is 7.36. The lowest BCUT2D eigenvalue weighted by Gasteiger charge is -2.10. The molecule has 110 valence electrons. The number of nitrogens with one attached hydrogen (secondary N) is 1. The van der Waals surface area contributed by atoms with E-state index in [0.29, 0.717) is 0 Å². The molecular formula is C13H13N3O4S. The fourth-order valence-electron chi connectivity index (χ4n) is 1.72. The molecule has 0 saturated heterocycles. The van der Waals surface area contributed by atoms with Gasteiger partial charge in [-0.25, -0.2) is 18.2 Å². The maximum Gasteiger partial charge on any atom is 0.337 e. The third kappa shape index (κ3) is 3.29. The van der Waals surface area contributed by atoms with Crippen LogP contribution >= 0.6 is 0 Å². The summed E-state index contributed by atoms with van der Waals surface area (Å²) >= 11 is 0. The number of carboxylic acid groups (broad SMARTS) is 1. The molecular weight excluding hydrogens is 294 g/mol. The largest absolute Gasteiger partial charge is 0.478 e. The molecule has 0 aliphatic carbocycles. The topological polar surface area (TPSA) is 122 Å². The number of pyridine rings is 1. The average molecular weight is 307 g/mol. The smallest absolute Gasteiger partial charge is 0.337 e. The van der Waals surface area contributed by atoms with Gasteiger partial charge in [0.1, 0.15) is 10.7 Å². The van der Waals surface area contributed by atoms with Gasteiger partial charge in [0.2, 0.25) is 0 Å². The molecule has 0 fully saturated rings. The number of benzene rings is 1. The molecule has 4 N–H and O–H groups in total. The van der Waals surface area contributed by atoms with Crippen molar-refractivity contribution >= 4 is 27.5 Å². The molecule has 0 radical (unpaired) electrons. The minimum atomic E-state index is -4.10. The van der Waals surface area contributed by atoms with Crippen molar-refractivity contribution in [2.45, 2.75) is 11.8 Å². The van der Waals surface area contributed by atoms with E-state index in [1.54, 1.807) is 13.0 Å². The summed E-state index contributed by atoms with van der Waals surface area (Å²) in [6.45, 7) is 1.78. The van der Waals surface area contributed by atoms with Crippen LogP contribution in [0, 0.1) is 6.92 Å². The van der Waals surface area contributed by atoms with Gasteiger partial charge in [0, 0.05) is 11.9 Å². The van der Waals surface area contributed by atoms with Gasteiger partial charge in [-0.05, 0) is 42.8 Å². The van der Waals surface area contributed by atoms with Gasteiger partial charge in [0.05, 0.1) is 5.56 Å². The van der Waals surface area contributed by atoms with Gasteiger partial charge in [-0.15, -0.1) is 0 Å². The molecule has 2 aromatic rings. The monoisotopic (exact) mass is 307 g/mol. The lowest BCUT2D eigenvalue weighted by Crippen LogP contribution is -2.18. The predicted octanol–water partition coefficient (Wildman–Crippen LogP) is 1.47. The quantitative estimate of drug-likeness (QED) is 0.735. The number of nitrogens with two attached hydrogens (primary N) is 1. The van der Waals surface area contributed by atoms with Crippen LogP contribution in [0.5, 0.6) is 0 Å². The zero-order valence-electron chi connectivity index (χ0n) is 11.1. The van der Waals surface area contributed by atoms with E-state index in [9.17, 15) is 13.2 Å². The van der Waals surface area contributed by atoms with E-state index in [0.717, 1.165) is 17.7 Å². The maximum absolute atomic E-state index is 12.3. The Bertz CT molecular complexity index is 803. The van der Waals surface area contributed by atoms with Crippen LogP contribution in [0.4, 0.5) is 11.5 Å². The molecule has 1 aromatic heterocycles. The summed E-state index contributed by atoms with van der Waals surface area (Å²) in [6.07, 6.45) is 1.45. The Balaban J connectivity index is 2.49. The van der Waals surface area contributed by atoms with E-state index in [1.165, 1.54) is 18.3 Å². The lowest BCUT2D eigenvalue weighted by atomic mass is 10.2. The Kier molecular flexibility index (Phi) is 3.81. The molecule has 0 amide bonds. The minimum absolute atomic E-state index is 0.105. The molecule has 0 aliphatic heterocycles. The first-order valence-electron chi connectivity index (χ1n) is 5.88. The van der Waals surface area contributed by atoms with E-state index < -0.39 is 20.9 Å². The number of anilines is 2. The molecule has 1 heterocycles. The molecule has 0 bridgehead atoms. The van der Waals surface area contributed by atoms with Gasteiger partial charge in [-0.3, -0.25) is 4.72 Å². The van der Waals surface area contributed by atoms with Crippen molar-refractivity contribution < 1.29 is 18.3 Å². The molecule has 21 heavy (non-hydrogen) atoms. The van der Waals surface area contributed by atoms with Crippen molar-refractivity contribution in [1.82, 2.24) is 4.98 Å². The second-order valence-corrected chi connectivity index (χ2v) is 6.04. The van der Waals surface area contributed by atoms with E-state index >= 15 is 0 Å². The third-order valence-corrected chi connectivity index (χ3v) is 4.07. The molecule has 8 heteroatoms. The first-order chi connectivity index (χ1) is 9.79. The molecule has 1 aromatic carbocycles. The van der Waals surface area contributed by atoms with Gasteiger partial charge in [-0.2, -0.15) is 0 Å². The Morgan fingerprint density at radius 1 is 1.29 bits per heavy atom. The second-order valence-electron chi connectivity index (χ2n) is 4.38. The fourth-order valence-corrected chi connectivity index (χ4v) is 2.96. The number of rotatable bonds is 4. The summed E-state index contributed by atoms with van der Waals surface area (Å²) in [5, 5.41) is 9.08. The van der Waals surface area contributed by atoms with Crippen molar-refractivity contribution in [2.75, 3.05) is 10.5 Å². The highest BCUT2D eigenvalue weighted by molar-refractivity contribution is 7.92. The summed E-state index contributed by atoms with van der Waals surface area (Å²) in [5.74, 6) is -1.25. The highest BCUT2D eigenvalue weighted by atomic mass is 32.2. The SMILES string of the molecule is Cc1ccnc(NS(=O)(=O)c2cc(N)ccc2C(=O)O)c1. The molecule has 0 spiro atoms. The Morgan fingerprint density at radius 2 is 2.00 bits per heavy atom. The van der Waals surface area contributed by atoms with Crippen LogP contribution in [0.25, 0.3) is 0 Å². The lowest BCUT2D eigenvalue weighted by molar-refractivity contribution is 0.0692. The number of nitrogens with zero attached hydrogens (tertiary/aromatic N) is 1. The molecule has 2 rings (SSSR count). The van der Waals surface area contributed by atoms with E-state index in [2.05, 4.69) is 9.71 Å². The Hall–Kier alpha value is -2.61. The fraction of sp³-hybridized carbons (Fsp3) is 0.0769. The van der Waals surface area contributed by atoms with Crippen LogP contribution in [0.3, 0.4) is 0 Å². The Labute approximate surface area is 121 Å². The number of aryl methyl sites for hydroxylation is 1. The van der Waals surface area contributed by atoms with Gasteiger partial charge < -0.3 is 10.8 Å². The third-order valence-electron chi connectivity index (χ3n) is 2.68. The van der Waals surface area contributed by atoms with Crippen LogP contribution < -0.4 is 10.5 Å². The van der Waals surface area contributed by atoms with Crippen LogP contribution in [-0.2, 0) is 10.0 Å². The normalized spacial score (nSPS) is 11.1. The second kappa shape index (κ2) is 5.41. The number of nitrogen functional groups attached to an aromatic ring is 1. The standard InChI is InChI=1S/C13H13N3O4S/c1-8-4-5-15-12(6-8)16-21(19,20)11-7-9(14)2-3-10(11)13(17)18/h2-7H,14H2,1H3,(H,15,16)(H,17,18). The number of carboxylic acids is 1. The molecule has 0 saturated carbocycles. The summed E-state index contributed by atoms with van der Waals surface area (Å²) < 4.78 is 26.9. The number of hydrogen-bond acceptors (Lipinski definition) is 5. The average Bonchev–Trinajstić information content (AvgIpc) is 2.37. The number of sulfonamides is 1. The van der Waals surface area contributed by atoms with Crippen molar-refractivity contribution in [3.05, 3.63) is 47.7 Å². The Morgan fingerprint density at radius 3 is 2.62 bits per heavy atom. The summed E-state index contributed by atoms with van der Waals surface area (Å²) in [6, 6.07) is 6.82.